The fourth-order valence-corrected chi connectivity index (χ4v) is 2.36. The van der Waals surface area contributed by atoms with Gasteiger partial charge in [-0.05, 0) is 49.4 Å². The second-order valence-corrected chi connectivity index (χ2v) is 5.91. The Balaban J connectivity index is 1.67. The third kappa shape index (κ3) is 4.33. The summed E-state index contributed by atoms with van der Waals surface area (Å²) >= 11 is 5.75. The molecule has 6 heteroatoms. The summed E-state index contributed by atoms with van der Waals surface area (Å²) in [6.07, 6.45) is 1.53. The van der Waals surface area contributed by atoms with Gasteiger partial charge in [0.1, 0.15) is 11.5 Å². The molecule has 0 aliphatic rings. The zero-order valence-corrected chi connectivity index (χ0v) is 14.1. The van der Waals surface area contributed by atoms with Crippen LogP contribution in [0.5, 0.6) is 0 Å². The largest absolute Gasteiger partial charge is 0.354 e. The minimum Gasteiger partial charge on any atom is -0.354 e. The average Bonchev–Trinajstić information content (AvgIpc) is 2.61. The third-order valence-electron chi connectivity index (χ3n) is 3.51. The lowest BCUT2D eigenvalue weighted by Crippen LogP contribution is -2.13. The standard InChI is InChI=1S/C19H15ClFN3O/c1-12-2-4-13(5-3-12)24-19(25)18-9-7-15(11-22-18)23-14-6-8-17(21)16(20)10-14/h2-11,23H,1H3,(H,24,25). The summed E-state index contributed by atoms with van der Waals surface area (Å²) in [5.74, 6) is -0.770. The Morgan fingerprint density at radius 2 is 1.68 bits per heavy atom. The molecule has 126 valence electrons. The molecule has 0 bridgehead atoms. The smallest absolute Gasteiger partial charge is 0.274 e. The number of hydrogen-bond donors (Lipinski definition) is 2. The number of pyridine rings is 1. The number of anilines is 3. The number of carbonyl (C=O) groups excluding carboxylic acids is 1. The lowest BCUT2D eigenvalue weighted by Gasteiger charge is -2.08. The van der Waals surface area contributed by atoms with Gasteiger partial charge in [0.25, 0.3) is 5.91 Å². The lowest BCUT2D eigenvalue weighted by molar-refractivity contribution is 0.102. The molecule has 0 aliphatic heterocycles. The van der Waals surface area contributed by atoms with Crippen LogP contribution < -0.4 is 10.6 Å². The van der Waals surface area contributed by atoms with E-state index >= 15 is 0 Å². The van der Waals surface area contributed by atoms with E-state index in [0.717, 1.165) is 5.56 Å². The van der Waals surface area contributed by atoms with Gasteiger partial charge in [0.05, 0.1) is 16.9 Å². The quantitative estimate of drug-likeness (QED) is 0.678. The first-order valence-electron chi connectivity index (χ1n) is 7.57. The summed E-state index contributed by atoms with van der Waals surface area (Å²) in [4.78, 5) is 16.3. The van der Waals surface area contributed by atoms with E-state index < -0.39 is 5.82 Å². The van der Waals surface area contributed by atoms with Gasteiger partial charge in [-0.3, -0.25) is 4.79 Å². The molecule has 0 radical (unpaired) electrons. The van der Waals surface area contributed by atoms with Crippen molar-refractivity contribution >= 4 is 34.6 Å². The van der Waals surface area contributed by atoms with Crippen molar-refractivity contribution < 1.29 is 9.18 Å². The number of halogens is 2. The molecule has 1 heterocycles. The zero-order valence-electron chi connectivity index (χ0n) is 13.4. The molecule has 2 aromatic carbocycles. The maximum Gasteiger partial charge on any atom is 0.274 e. The van der Waals surface area contributed by atoms with Crippen LogP contribution in [-0.4, -0.2) is 10.9 Å². The summed E-state index contributed by atoms with van der Waals surface area (Å²) in [6.45, 7) is 1.98. The van der Waals surface area contributed by atoms with Crippen LogP contribution in [0.25, 0.3) is 0 Å². The second-order valence-electron chi connectivity index (χ2n) is 5.51. The van der Waals surface area contributed by atoms with Crippen molar-refractivity contribution in [3.8, 4) is 0 Å². The fourth-order valence-electron chi connectivity index (χ4n) is 2.17. The van der Waals surface area contributed by atoms with E-state index in [0.29, 0.717) is 22.8 Å². The Labute approximate surface area is 149 Å². The van der Waals surface area contributed by atoms with Crippen molar-refractivity contribution in [3.05, 3.63) is 82.9 Å². The maximum atomic E-state index is 13.2. The Bertz CT molecular complexity index is 896. The normalized spacial score (nSPS) is 10.4. The third-order valence-corrected chi connectivity index (χ3v) is 3.80. The first kappa shape index (κ1) is 16.9. The highest BCUT2D eigenvalue weighted by Gasteiger charge is 2.08. The molecule has 0 unspecified atom stereocenters. The van der Waals surface area contributed by atoms with Crippen molar-refractivity contribution in [2.24, 2.45) is 0 Å². The molecule has 25 heavy (non-hydrogen) atoms. The SMILES string of the molecule is Cc1ccc(NC(=O)c2ccc(Nc3ccc(F)c(Cl)c3)cn2)cc1. The number of nitrogens with one attached hydrogen (secondary N) is 2. The van der Waals surface area contributed by atoms with Crippen molar-refractivity contribution in [2.75, 3.05) is 10.6 Å². The van der Waals surface area contributed by atoms with Gasteiger partial charge < -0.3 is 10.6 Å². The van der Waals surface area contributed by atoms with Gasteiger partial charge in [-0.25, -0.2) is 9.37 Å². The Morgan fingerprint density at radius 1 is 1.00 bits per heavy atom. The van der Waals surface area contributed by atoms with Gasteiger partial charge in [-0.1, -0.05) is 29.3 Å². The number of amides is 1. The number of carbonyl (C=O) groups is 1. The fraction of sp³-hybridized carbons (Fsp3) is 0.0526. The molecule has 4 nitrogen and oxygen atoms in total. The monoisotopic (exact) mass is 355 g/mol. The van der Waals surface area contributed by atoms with Crippen molar-refractivity contribution in [2.45, 2.75) is 6.92 Å². The number of nitrogens with zero attached hydrogens (tertiary/aromatic N) is 1. The molecule has 1 amide bonds. The van der Waals surface area contributed by atoms with E-state index in [-0.39, 0.29) is 10.9 Å². The summed E-state index contributed by atoms with van der Waals surface area (Å²) in [6, 6.07) is 15.2. The Kier molecular flexibility index (Phi) is 4.95. The number of hydrogen-bond acceptors (Lipinski definition) is 3. The van der Waals surface area contributed by atoms with Crippen LogP contribution in [0.15, 0.2) is 60.8 Å². The van der Waals surface area contributed by atoms with E-state index in [1.165, 1.54) is 18.3 Å². The van der Waals surface area contributed by atoms with Crippen LogP contribution in [0.4, 0.5) is 21.5 Å². The molecule has 0 saturated carbocycles. The first-order valence-corrected chi connectivity index (χ1v) is 7.95. The lowest BCUT2D eigenvalue weighted by atomic mass is 10.2. The number of aryl methyl sites for hydroxylation is 1. The van der Waals surface area contributed by atoms with Crippen molar-refractivity contribution in [1.82, 2.24) is 4.98 Å². The molecular formula is C19H15ClFN3O. The predicted octanol–water partition coefficient (Wildman–Crippen LogP) is 5.18. The van der Waals surface area contributed by atoms with Gasteiger partial charge in [-0.15, -0.1) is 0 Å². The molecule has 0 fully saturated rings. The molecule has 0 atom stereocenters. The molecule has 0 spiro atoms. The van der Waals surface area contributed by atoms with E-state index in [1.54, 1.807) is 18.2 Å². The predicted molar refractivity (Wildman–Crippen MR) is 98.1 cm³/mol. The van der Waals surface area contributed by atoms with E-state index in [9.17, 15) is 9.18 Å². The molecular weight excluding hydrogens is 341 g/mol. The van der Waals surface area contributed by atoms with E-state index in [1.807, 2.05) is 31.2 Å². The topological polar surface area (TPSA) is 54.0 Å². The molecule has 3 aromatic rings. The van der Waals surface area contributed by atoms with Crippen LogP contribution in [0, 0.1) is 12.7 Å². The number of rotatable bonds is 4. The second kappa shape index (κ2) is 7.32. The van der Waals surface area contributed by atoms with Gasteiger partial charge in [0, 0.05) is 11.4 Å². The van der Waals surface area contributed by atoms with Crippen LogP contribution in [0.3, 0.4) is 0 Å². The average molecular weight is 356 g/mol. The summed E-state index contributed by atoms with van der Waals surface area (Å²) in [7, 11) is 0. The van der Waals surface area contributed by atoms with Gasteiger partial charge in [-0.2, -0.15) is 0 Å². The number of benzene rings is 2. The molecule has 0 saturated heterocycles. The molecule has 0 aliphatic carbocycles. The number of aromatic nitrogens is 1. The molecule has 2 N–H and O–H groups in total. The van der Waals surface area contributed by atoms with Gasteiger partial charge in [0.15, 0.2) is 0 Å². The van der Waals surface area contributed by atoms with Crippen LogP contribution >= 0.6 is 11.6 Å². The van der Waals surface area contributed by atoms with Crippen LogP contribution in [0.1, 0.15) is 16.1 Å². The van der Waals surface area contributed by atoms with Crippen molar-refractivity contribution in [1.29, 1.82) is 0 Å². The highest BCUT2D eigenvalue weighted by molar-refractivity contribution is 6.31. The Morgan fingerprint density at radius 3 is 2.32 bits per heavy atom. The van der Waals surface area contributed by atoms with E-state index in [2.05, 4.69) is 15.6 Å². The summed E-state index contributed by atoms with van der Waals surface area (Å²) in [5.41, 5.74) is 3.41. The summed E-state index contributed by atoms with van der Waals surface area (Å²) < 4.78 is 13.2. The highest BCUT2D eigenvalue weighted by Crippen LogP contribution is 2.22. The van der Waals surface area contributed by atoms with Gasteiger partial charge >= 0.3 is 0 Å². The highest BCUT2D eigenvalue weighted by atomic mass is 35.5. The minimum atomic E-state index is -0.478. The first-order chi connectivity index (χ1) is 12.0. The van der Waals surface area contributed by atoms with Crippen LogP contribution in [0.2, 0.25) is 5.02 Å². The van der Waals surface area contributed by atoms with Crippen LogP contribution in [-0.2, 0) is 0 Å². The van der Waals surface area contributed by atoms with Crippen molar-refractivity contribution in [3.63, 3.8) is 0 Å². The Hall–Kier alpha value is -2.92. The van der Waals surface area contributed by atoms with Gasteiger partial charge in [0.2, 0.25) is 0 Å². The summed E-state index contributed by atoms with van der Waals surface area (Å²) in [5, 5.41) is 5.87. The zero-order chi connectivity index (χ0) is 17.8. The minimum absolute atomic E-state index is 0.0343. The van der Waals surface area contributed by atoms with E-state index in [4.69, 9.17) is 11.6 Å². The maximum absolute atomic E-state index is 13.2. The molecule has 1 aromatic heterocycles. The molecule has 3 rings (SSSR count).